The van der Waals surface area contributed by atoms with Crippen LogP contribution in [-0.2, 0) is 0 Å². The Hall–Kier alpha value is -0.260. The van der Waals surface area contributed by atoms with Crippen molar-refractivity contribution in [2.24, 2.45) is 11.8 Å². The summed E-state index contributed by atoms with van der Waals surface area (Å²) in [5.41, 5.74) is 1.48. The molecule has 2 atom stereocenters. The Balaban J connectivity index is 0. The molecule has 0 aliphatic heterocycles. The van der Waals surface area contributed by atoms with Gasteiger partial charge in [0.2, 0.25) is 0 Å². The molecule has 1 aliphatic rings. The molecule has 0 aromatic heterocycles. The molecule has 1 saturated carbocycles. The summed E-state index contributed by atoms with van der Waals surface area (Å²) in [4.78, 5) is 0. The van der Waals surface area contributed by atoms with Gasteiger partial charge in [-0.05, 0) is 24.7 Å². The van der Waals surface area contributed by atoms with E-state index in [4.69, 9.17) is 0 Å². The van der Waals surface area contributed by atoms with Crippen LogP contribution in [0.15, 0.2) is 12.2 Å². The lowest BCUT2D eigenvalue weighted by Crippen LogP contribution is -1.92. The minimum absolute atomic E-state index is 0.802. The van der Waals surface area contributed by atoms with Gasteiger partial charge in [0.05, 0.1) is 0 Å². The van der Waals surface area contributed by atoms with Gasteiger partial charge in [-0.2, -0.15) is 0 Å². The lowest BCUT2D eigenvalue weighted by atomic mass is 10.0. The predicted octanol–water partition coefficient (Wildman–Crippen LogP) is 5.44. The summed E-state index contributed by atoms with van der Waals surface area (Å²) in [6, 6.07) is 0. The summed E-state index contributed by atoms with van der Waals surface area (Å²) in [7, 11) is 0. The van der Waals surface area contributed by atoms with Gasteiger partial charge in [-0.25, -0.2) is 0 Å². The monoisotopic (exact) mass is 198 g/mol. The van der Waals surface area contributed by atoms with Crippen LogP contribution in [0.25, 0.3) is 0 Å². The maximum Gasteiger partial charge on any atom is -0.0232 e. The van der Waals surface area contributed by atoms with E-state index >= 15 is 0 Å². The van der Waals surface area contributed by atoms with Gasteiger partial charge in [-0.15, -0.1) is 0 Å². The second kappa shape index (κ2) is 10.8. The Bertz CT molecular complexity index is 124. The first-order valence-electron chi connectivity index (χ1n) is 6.41. The first kappa shape index (κ1) is 16.2. The van der Waals surface area contributed by atoms with Crippen molar-refractivity contribution < 1.29 is 0 Å². The van der Waals surface area contributed by atoms with Crippen molar-refractivity contribution in [1.29, 1.82) is 0 Å². The second-order valence-electron chi connectivity index (χ2n) is 3.65. The Morgan fingerprint density at radius 2 is 1.71 bits per heavy atom. The molecule has 0 aromatic rings. The molecule has 0 heteroatoms. The number of allylic oxidation sites excluding steroid dienone is 1. The molecule has 0 spiro atoms. The van der Waals surface area contributed by atoms with Crippen LogP contribution in [0.2, 0.25) is 0 Å². The SMILES string of the molecule is C=C1CC(CCC)CC1C.CC.CC. The summed E-state index contributed by atoms with van der Waals surface area (Å²) in [5.74, 6) is 1.77. The van der Waals surface area contributed by atoms with E-state index < -0.39 is 0 Å². The smallest absolute Gasteiger partial charge is 0.0232 e. The molecule has 0 bridgehead atoms. The molecule has 1 fully saturated rings. The summed E-state index contributed by atoms with van der Waals surface area (Å²) in [6.07, 6.45) is 5.44. The zero-order valence-electron chi connectivity index (χ0n) is 11.2. The van der Waals surface area contributed by atoms with E-state index in [2.05, 4.69) is 20.4 Å². The van der Waals surface area contributed by atoms with E-state index in [0.29, 0.717) is 0 Å². The minimum Gasteiger partial charge on any atom is -0.0996 e. The van der Waals surface area contributed by atoms with Gasteiger partial charge in [0.25, 0.3) is 0 Å². The van der Waals surface area contributed by atoms with Crippen LogP contribution in [0, 0.1) is 11.8 Å². The van der Waals surface area contributed by atoms with Gasteiger partial charge < -0.3 is 0 Å². The summed E-state index contributed by atoms with van der Waals surface area (Å²) >= 11 is 0. The van der Waals surface area contributed by atoms with Crippen LogP contribution in [0.3, 0.4) is 0 Å². The van der Waals surface area contributed by atoms with Crippen molar-refractivity contribution in [2.75, 3.05) is 0 Å². The quantitative estimate of drug-likeness (QED) is 0.518. The molecular formula is C14H30. The standard InChI is InChI=1S/C10H18.2C2H6/c1-4-5-10-6-8(2)9(3)7-10;2*1-2/h9-10H,2,4-7H2,1,3H3;2*1-2H3. The number of rotatable bonds is 2. The lowest BCUT2D eigenvalue weighted by molar-refractivity contribution is 0.474. The minimum atomic E-state index is 0.802. The molecule has 0 N–H and O–H groups in total. The van der Waals surface area contributed by atoms with Gasteiger partial charge in [0, 0.05) is 0 Å². The summed E-state index contributed by atoms with van der Waals surface area (Å²) in [5, 5.41) is 0. The zero-order chi connectivity index (χ0) is 11.6. The third-order valence-electron chi connectivity index (χ3n) is 2.63. The lowest BCUT2D eigenvalue weighted by Gasteiger charge is -2.04. The highest BCUT2D eigenvalue weighted by atomic mass is 14.3. The molecule has 0 heterocycles. The number of hydrogen-bond donors (Lipinski definition) is 0. The van der Waals surface area contributed by atoms with Crippen molar-refractivity contribution >= 4 is 0 Å². The molecule has 1 aliphatic carbocycles. The molecule has 0 nitrogen and oxygen atoms in total. The van der Waals surface area contributed by atoms with Crippen molar-refractivity contribution in [3.05, 3.63) is 12.2 Å². The van der Waals surface area contributed by atoms with E-state index in [1.807, 2.05) is 27.7 Å². The molecule has 0 radical (unpaired) electrons. The highest BCUT2D eigenvalue weighted by molar-refractivity contribution is 5.06. The largest absolute Gasteiger partial charge is 0.0996 e. The van der Waals surface area contributed by atoms with Gasteiger partial charge >= 0.3 is 0 Å². The van der Waals surface area contributed by atoms with Gasteiger partial charge in [0.1, 0.15) is 0 Å². The van der Waals surface area contributed by atoms with Crippen LogP contribution >= 0.6 is 0 Å². The van der Waals surface area contributed by atoms with Crippen LogP contribution in [0.1, 0.15) is 67.2 Å². The third-order valence-corrected chi connectivity index (χ3v) is 2.63. The topological polar surface area (TPSA) is 0 Å². The molecule has 0 saturated heterocycles. The van der Waals surface area contributed by atoms with E-state index in [1.54, 1.807) is 0 Å². The normalized spacial score (nSPS) is 24.6. The first-order chi connectivity index (χ1) is 6.74. The average Bonchev–Trinajstić information content (AvgIpc) is 2.53. The summed E-state index contributed by atoms with van der Waals surface area (Å²) in [6.45, 7) is 16.6. The Labute approximate surface area is 91.8 Å². The summed E-state index contributed by atoms with van der Waals surface area (Å²) < 4.78 is 0. The highest BCUT2D eigenvalue weighted by Gasteiger charge is 2.23. The first-order valence-corrected chi connectivity index (χ1v) is 6.41. The Kier molecular flexibility index (Phi) is 12.5. The molecular weight excluding hydrogens is 168 g/mol. The van der Waals surface area contributed by atoms with E-state index in [0.717, 1.165) is 11.8 Å². The fourth-order valence-electron chi connectivity index (χ4n) is 1.95. The van der Waals surface area contributed by atoms with Gasteiger partial charge in [-0.1, -0.05) is 66.5 Å². The molecule has 1 rings (SSSR count). The molecule has 0 amide bonds. The van der Waals surface area contributed by atoms with Crippen LogP contribution in [0.5, 0.6) is 0 Å². The van der Waals surface area contributed by atoms with Crippen molar-refractivity contribution in [3.8, 4) is 0 Å². The number of hydrogen-bond acceptors (Lipinski definition) is 0. The fraction of sp³-hybridized carbons (Fsp3) is 0.857. The Morgan fingerprint density at radius 1 is 1.21 bits per heavy atom. The predicted molar refractivity (Wildman–Crippen MR) is 68.6 cm³/mol. The maximum absolute atomic E-state index is 4.07. The molecule has 0 aromatic carbocycles. The van der Waals surface area contributed by atoms with Crippen molar-refractivity contribution in [3.63, 3.8) is 0 Å². The zero-order valence-corrected chi connectivity index (χ0v) is 11.2. The van der Waals surface area contributed by atoms with Gasteiger partial charge in [-0.3, -0.25) is 0 Å². The highest BCUT2D eigenvalue weighted by Crippen LogP contribution is 2.36. The van der Waals surface area contributed by atoms with E-state index in [-0.39, 0.29) is 0 Å². The van der Waals surface area contributed by atoms with Gasteiger partial charge in [0.15, 0.2) is 0 Å². The fourth-order valence-corrected chi connectivity index (χ4v) is 1.95. The molecule has 86 valence electrons. The third kappa shape index (κ3) is 6.23. The van der Waals surface area contributed by atoms with Crippen molar-refractivity contribution in [2.45, 2.75) is 67.2 Å². The van der Waals surface area contributed by atoms with Crippen LogP contribution in [0.4, 0.5) is 0 Å². The maximum atomic E-state index is 4.07. The average molecular weight is 198 g/mol. The van der Waals surface area contributed by atoms with Crippen molar-refractivity contribution in [1.82, 2.24) is 0 Å². The Morgan fingerprint density at radius 3 is 2.00 bits per heavy atom. The molecule has 2 unspecified atom stereocenters. The second-order valence-corrected chi connectivity index (χ2v) is 3.65. The van der Waals surface area contributed by atoms with Crippen LogP contribution < -0.4 is 0 Å². The van der Waals surface area contributed by atoms with Crippen LogP contribution in [-0.4, -0.2) is 0 Å². The van der Waals surface area contributed by atoms with E-state index in [9.17, 15) is 0 Å². The van der Waals surface area contributed by atoms with E-state index in [1.165, 1.54) is 31.3 Å². The molecule has 14 heavy (non-hydrogen) atoms.